The van der Waals surface area contributed by atoms with Crippen LogP contribution in [0.15, 0.2) is 30.5 Å². The quantitative estimate of drug-likeness (QED) is 0.874. The molecule has 25 heavy (non-hydrogen) atoms. The van der Waals surface area contributed by atoms with E-state index in [2.05, 4.69) is 29.1 Å². The van der Waals surface area contributed by atoms with E-state index in [0.717, 1.165) is 50.2 Å². The Bertz CT molecular complexity index is 718. The number of rotatable bonds is 6. The molecule has 6 nitrogen and oxygen atoms in total. The zero-order valence-electron chi connectivity index (χ0n) is 14.9. The van der Waals surface area contributed by atoms with Crippen LogP contribution in [0.4, 0.5) is 0 Å². The lowest BCUT2D eigenvalue weighted by Gasteiger charge is -2.31. The summed E-state index contributed by atoms with van der Waals surface area (Å²) in [7, 11) is 0. The number of hydrogen-bond acceptors (Lipinski definition) is 4. The van der Waals surface area contributed by atoms with E-state index in [1.165, 1.54) is 0 Å². The summed E-state index contributed by atoms with van der Waals surface area (Å²) in [5.74, 6) is -0.288. The van der Waals surface area contributed by atoms with Gasteiger partial charge < -0.3 is 5.11 Å². The molecule has 2 heterocycles. The van der Waals surface area contributed by atoms with Crippen molar-refractivity contribution in [1.29, 1.82) is 0 Å². The van der Waals surface area contributed by atoms with Crippen LogP contribution >= 0.6 is 0 Å². The first-order valence-electron chi connectivity index (χ1n) is 8.97. The Balaban J connectivity index is 1.53. The van der Waals surface area contributed by atoms with Crippen molar-refractivity contribution in [3.8, 4) is 0 Å². The van der Waals surface area contributed by atoms with Gasteiger partial charge in [0.15, 0.2) is 0 Å². The molecule has 1 aromatic heterocycles. The minimum absolute atomic E-state index is 0.335. The van der Waals surface area contributed by atoms with Gasteiger partial charge in [0.25, 0.3) is 0 Å². The van der Waals surface area contributed by atoms with Crippen molar-refractivity contribution in [3.05, 3.63) is 47.3 Å². The molecular formula is C19H26N4O2. The van der Waals surface area contributed by atoms with E-state index in [-0.39, 0.29) is 0 Å². The third kappa shape index (κ3) is 4.45. The SMILES string of the molecule is CC(C)n1cc(CN2CCC(Cc3ccccc3C(=O)O)CC2)nn1. The van der Waals surface area contributed by atoms with Crippen molar-refractivity contribution in [2.45, 2.75) is 45.7 Å². The van der Waals surface area contributed by atoms with Crippen LogP contribution in [0.3, 0.4) is 0 Å². The number of carboxylic acids is 1. The van der Waals surface area contributed by atoms with Crippen LogP contribution in [0.5, 0.6) is 0 Å². The van der Waals surface area contributed by atoms with Crippen LogP contribution < -0.4 is 0 Å². The van der Waals surface area contributed by atoms with E-state index < -0.39 is 5.97 Å². The summed E-state index contributed by atoms with van der Waals surface area (Å²) >= 11 is 0. The van der Waals surface area contributed by atoms with Gasteiger partial charge in [-0.1, -0.05) is 23.4 Å². The Morgan fingerprint density at radius 1 is 1.28 bits per heavy atom. The van der Waals surface area contributed by atoms with Crippen molar-refractivity contribution in [3.63, 3.8) is 0 Å². The predicted molar refractivity (Wildman–Crippen MR) is 95.5 cm³/mol. The number of aromatic carboxylic acids is 1. The van der Waals surface area contributed by atoms with Gasteiger partial charge in [-0.05, 0) is 63.7 Å². The average molecular weight is 342 g/mol. The van der Waals surface area contributed by atoms with E-state index in [1.54, 1.807) is 12.1 Å². The molecule has 6 heteroatoms. The standard InChI is InChI=1S/C19H26N4O2/c1-14(2)23-13-17(20-21-23)12-22-9-7-15(8-10-22)11-16-5-3-4-6-18(16)19(24)25/h3-6,13-15H,7-12H2,1-2H3,(H,24,25). The maximum atomic E-state index is 11.3. The molecule has 0 amide bonds. The number of benzene rings is 1. The Morgan fingerprint density at radius 3 is 2.64 bits per heavy atom. The minimum atomic E-state index is -0.832. The zero-order chi connectivity index (χ0) is 17.8. The maximum absolute atomic E-state index is 11.3. The molecule has 0 atom stereocenters. The fraction of sp³-hybridized carbons (Fsp3) is 0.526. The van der Waals surface area contributed by atoms with Crippen molar-refractivity contribution in [2.75, 3.05) is 13.1 Å². The van der Waals surface area contributed by atoms with Gasteiger partial charge in [0.1, 0.15) is 0 Å². The summed E-state index contributed by atoms with van der Waals surface area (Å²) in [6.07, 6.45) is 5.05. The van der Waals surface area contributed by atoms with E-state index in [4.69, 9.17) is 0 Å². The lowest BCUT2D eigenvalue weighted by Crippen LogP contribution is -2.34. The second kappa shape index (κ2) is 7.78. The van der Waals surface area contributed by atoms with E-state index in [0.29, 0.717) is 17.5 Å². The van der Waals surface area contributed by atoms with Gasteiger partial charge in [-0.15, -0.1) is 5.10 Å². The summed E-state index contributed by atoms with van der Waals surface area (Å²) in [5, 5.41) is 17.7. The van der Waals surface area contributed by atoms with E-state index >= 15 is 0 Å². The van der Waals surface area contributed by atoms with Crippen LogP contribution in [0.2, 0.25) is 0 Å². The molecular weight excluding hydrogens is 316 g/mol. The number of likely N-dealkylation sites (tertiary alicyclic amines) is 1. The van der Waals surface area contributed by atoms with Gasteiger partial charge in [-0.2, -0.15) is 0 Å². The normalized spacial score (nSPS) is 16.4. The largest absolute Gasteiger partial charge is 0.478 e. The Kier molecular flexibility index (Phi) is 5.48. The molecule has 1 aromatic carbocycles. The Morgan fingerprint density at radius 2 is 2.00 bits per heavy atom. The fourth-order valence-electron chi connectivity index (χ4n) is 3.43. The van der Waals surface area contributed by atoms with E-state index in [9.17, 15) is 9.90 Å². The summed E-state index contributed by atoms with van der Waals surface area (Å²) in [5.41, 5.74) is 2.41. The number of hydrogen-bond donors (Lipinski definition) is 1. The van der Waals surface area contributed by atoms with Crippen LogP contribution in [0, 0.1) is 5.92 Å². The van der Waals surface area contributed by atoms with Crippen LogP contribution in [0.1, 0.15) is 54.3 Å². The van der Waals surface area contributed by atoms with Crippen molar-refractivity contribution < 1.29 is 9.90 Å². The van der Waals surface area contributed by atoms with Gasteiger partial charge in [-0.3, -0.25) is 4.90 Å². The first kappa shape index (κ1) is 17.6. The molecule has 134 valence electrons. The monoisotopic (exact) mass is 342 g/mol. The van der Waals surface area contributed by atoms with E-state index in [1.807, 2.05) is 23.0 Å². The number of carbonyl (C=O) groups is 1. The highest BCUT2D eigenvalue weighted by atomic mass is 16.4. The molecule has 0 radical (unpaired) electrons. The van der Waals surface area contributed by atoms with Crippen molar-refractivity contribution in [1.82, 2.24) is 19.9 Å². The highest BCUT2D eigenvalue weighted by Gasteiger charge is 2.22. The van der Waals surface area contributed by atoms with Crippen LogP contribution in [0.25, 0.3) is 0 Å². The molecule has 3 rings (SSSR count). The number of carboxylic acid groups (broad SMARTS) is 1. The lowest BCUT2D eigenvalue weighted by molar-refractivity contribution is 0.0695. The molecule has 0 unspecified atom stereocenters. The van der Waals surface area contributed by atoms with Gasteiger partial charge in [0.2, 0.25) is 0 Å². The highest BCUT2D eigenvalue weighted by Crippen LogP contribution is 2.24. The molecule has 0 saturated carbocycles. The summed E-state index contributed by atoms with van der Waals surface area (Å²) in [6.45, 7) is 7.08. The predicted octanol–water partition coefficient (Wildman–Crippen LogP) is 3.01. The van der Waals surface area contributed by atoms with Gasteiger partial charge in [-0.25, -0.2) is 9.48 Å². The zero-order valence-corrected chi connectivity index (χ0v) is 14.9. The number of nitrogens with zero attached hydrogens (tertiary/aromatic N) is 4. The number of aromatic nitrogens is 3. The topological polar surface area (TPSA) is 71.2 Å². The molecule has 1 N–H and O–H groups in total. The van der Waals surface area contributed by atoms with Gasteiger partial charge in [0.05, 0.1) is 17.5 Å². The first-order chi connectivity index (χ1) is 12.0. The molecule has 0 spiro atoms. The summed E-state index contributed by atoms with van der Waals surface area (Å²) in [4.78, 5) is 13.8. The smallest absolute Gasteiger partial charge is 0.335 e. The second-order valence-electron chi connectivity index (χ2n) is 7.17. The van der Waals surface area contributed by atoms with Gasteiger partial charge in [0, 0.05) is 12.6 Å². The molecule has 1 aliphatic rings. The van der Waals surface area contributed by atoms with Crippen LogP contribution in [-0.4, -0.2) is 44.1 Å². The first-order valence-corrected chi connectivity index (χ1v) is 8.97. The molecule has 1 saturated heterocycles. The Hall–Kier alpha value is -2.21. The third-order valence-corrected chi connectivity index (χ3v) is 4.94. The molecule has 2 aromatic rings. The Labute approximate surface area is 148 Å². The molecule has 1 fully saturated rings. The lowest BCUT2D eigenvalue weighted by atomic mass is 9.88. The van der Waals surface area contributed by atoms with Crippen molar-refractivity contribution >= 4 is 5.97 Å². The molecule has 1 aliphatic heterocycles. The second-order valence-corrected chi connectivity index (χ2v) is 7.17. The third-order valence-electron chi connectivity index (χ3n) is 4.94. The van der Waals surface area contributed by atoms with Crippen LogP contribution in [-0.2, 0) is 13.0 Å². The molecule has 0 bridgehead atoms. The molecule has 0 aliphatic carbocycles. The average Bonchev–Trinajstić information content (AvgIpc) is 3.06. The van der Waals surface area contributed by atoms with Gasteiger partial charge >= 0.3 is 5.97 Å². The summed E-state index contributed by atoms with van der Waals surface area (Å²) < 4.78 is 1.89. The highest BCUT2D eigenvalue weighted by molar-refractivity contribution is 5.89. The minimum Gasteiger partial charge on any atom is -0.478 e. The number of piperidine rings is 1. The fourth-order valence-corrected chi connectivity index (χ4v) is 3.43. The summed E-state index contributed by atoms with van der Waals surface area (Å²) in [6, 6.07) is 7.70. The van der Waals surface area contributed by atoms with Crippen molar-refractivity contribution in [2.24, 2.45) is 5.92 Å². The maximum Gasteiger partial charge on any atom is 0.335 e.